The Bertz CT molecular complexity index is 610. The maximum atomic E-state index is 13.1. The highest BCUT2D eigenvalue weighted by molar-refractivity contribution is 7.98. The molecule has 0 aromatic heterocycles. The maximum absolute atomic E-state index is 13.1. The molecule has 0 aliphatic carbocycles. The summed E-state index contributed by atoms with van der Waals surface area (Å²) in [6.07, 6.45) is 5.55. The predicted molar refractivity (Wildman–Crippen MR) is 124 cm³/mol. The highest BCUT2D eigenvalue weighted by atomic mass is 32.2. The molecule has 3 amide bonds. The second kappa shape index (κ2) is 14.0. The fourth-order valence-corrected chi connectivity index (χ4v) is 4.23. The Morgan fingerprint density at radius 2 is 1.73 bits per heavy atom. The molecule has 12 heteroatoms. The molecule has 5 N–H and O–H groups in total. The van der Waals surface area contributed by atoms with Crippen molar-refractivity contribution in [2.75, 3.05) is 36.3 Å². The Balaban J connectivity index is 2.88. The molecule has 1 saturated heterocycles. The minimum absolute atomic E-state index is 0.149. The number of nitrogens with zero attached hydrogens (tertiary/aromatic N) is 1. The van der Waals surface area contributed by atoms with E-state index in [0.717, 1.165) is 0 Å². The van der Waals surface area contributed by atoms with E-state index in [-0.39, 0.29) is 11.7 Å². The van der Waals surface area contributed by atoms with E-state index in [1.807, 2.05) is 12.5 Å². The number of nitrogens with two attached hydrogens (primary N) is 1. The van der Waals surface area contributed by atoms with Crippen LogP contribution in [0.15, 0.2) is 0 Å². The van der Waals surface area contributed by atoms with Crippen LogP contribution in [0.2, 0.25) is 0 Å². The van der Waals surface area contributed by atoms with Gasteiger partial charge in [0.1, 0.15) is 18.1 Å². The Labute approximate surface area is 191 Å². The van der Waals surface area contributed by atoms with E-state index >= 15 is 0 Å². The largest absolute Gasteiger partial charge is 0.480 e. The molecule has 1 fully saturated rings. The standard InChI is InChI=1S/C18H32N4O5S3/c1-29-8-5-12(20-15(23)11(19)10-28)17(25)22-7-3-4-14(22)16(24)21-13(18(26)27)6-9-30-2/h11-14,28H,3-10,19H2,1-2H3,(H,20,23)(H,21,24)(H,26,27). The number of carboxylic acid groups (broad SMARTS) is 1. The van der Waals surface area contributed by atoms with Crippen LogP contribution in [0.4, 0.5) is 0 Å². The van der Waals surface area contributed by atoms with E-state index in [9.17, 15) is 24.3 Å². The van der Waals surface area contributed by atoms with Crippen molar-refractivity contribution in [2.24, 2.45) is 5.73 Å². The zero-order valence-electron chi connectivity index (χ0n) is 17.3. The molecule has 0 spiro atoms. The van der Waals surface area contributed by atoms with Crippen molar-refractivity contribution in [1.82, 2.24) is 15.5 Å². The van der Waals surface area contributed by atoms with Crippen LogP contribution in [0.25, 0.3) is 0 Å². The van der Waals surface area contributed by atoms with Gasteiger partial charge in [-0.1, -0.05) is 0 Å². The zero-order chi connectivity index (χ0) is 22.7. The first kappa shape index (κ1) is 26.9. The lowest BCUT2D eigenvalue weighted by Crippen LogP contribution is -2.57. The number of carbonyl (C=O) groups excluding carboxylic acids is 3. The van der Waals surface area contributed by atoms with Crippen molar-refractivity contribution in [2.45, 2.75) is 49.9 Å². The van der Waals surface area contributed by atoms with E-state index in [1.54, 1.807) is 11.8 Å². The van der Waals surface area contributed by atoms with E-state index < -0.39 is 42.0 Å². The van der Waals surface area contributed by atoms with Crippen molar-refractivity contribution >= 4 is 59.8 Å². The second-order valence-corrected chi connectivity index (χ2v) is 9.34. The smallest absolute Gasteiger partial charge is 0.326 e. The number of hydrogen-bond acceptors (Lipinski definition) is 8. The lowest BCUT2D eigenvalue weighted by atomic mass is 10.1. The summed E-state index contributed by atoms with van der Waals surface area (Å²) < 4.78 is 0. The van der Waals surface area contributed by atoms with Gasteiger partial charge in [-0.15, -0.1) is 0 Å². The fourth-order valence-electron chi connectivity index (χ4n) is 3.12. The highest BCUT2D eigenvalue weighted by Crippen LogP contribution is 2.20. The summed E-state index contributed by atoms with van der Waals surface area (Å²) in [5, 5.41) is 14.6. The summed E-state index contributed by atoms with van der Waals surface area (Å²) in [4.78, 5) is 51.0. The fraction of sp³-hybridized carbons (Fsp3) is 0.778. The SMILES string of the molecule is CSCCC(NC(=O)C1CCCN1C(=O)C(CCSC)NC(=O)C(N)CS)C(=O)O. The Morgan fingerprint density at radius 3 is 2.27 bits per heavy atom. The summed E-state index contributed by atoms with van der Waals surface area (Å²) in [6, 6.07) is -3.37. The van der Waals surface area contributed by atoms with E-state index in [1.165, 1.54) is 16.7 Å². The monoisotopic (exact) mass is 480 g/mol. The molecule has 4 unspecified atom stereocenters. The first-order chi connectivity index (χ1) is 14.3. The zero-order valence-corrected chi connectivity index (χ0v) is 19.9. The van der Waals surface area contributed by atoms with Crippen molar-refractivity contribution in [3.8, 4) is 0 Å². The van der Waals surface area contributed by atoms with Gasteiger partial charge < -0.3 is 26.4 Å². The highest BCUT2D eigenvalue weighted by Gasteiger charge is 2.38. The molecular weight excluding hydrogens is 448 g/mol. The minimum atomic E-state index is -1.10. The number of amides is 3. The molecule has 0 saturated carbocycles. The molecule has 1 aliphatic rings. The topological polar surface area (TPSA) is 142 Å². The van der Waals surface area contributed by atoms with Crippen molar-refractivity contribution < 1.29 is 24.3 Å². The van der Waals surface area contributed by atoms with Gasteiger partial charge in [-0.25, -0.2) is 4.79 Å². The molecule has 4 atom stereocenters. The molecule has 172 valence electrons. The van der Waals surface area contributed by atoms with Gasteiger partial charge in [-0.2, -0.15) is 36.2 Å². The average molecular weight is 481 g/mol. The number of thiol groups is 1. The Hall–Kier alpha value is -1.11. The van der Waals surface area contributed by atoms with Gasteiger partial charge >= 0.3 is 5.97 Å². The number of rotatable bonds is 13. The lowest BCUT2D eigenvalue weighted by molar-refractivity contribution is -0.145. The molecule has 9 nitrogen and oxygen atoms in total. The molecule has 1 heterocycles. The summed E-state index contributed by atoms with van der Waals surface area (Å²) in [5.74, 6) is -0.997. The minimum Gasteiger partial charge on any atom is -0.480 e. The van der Waals surface area contributed by atoms with Crippen LogP contribution in [-0.4, -0.2) is 94.2 Å². The van der Waals surface area contributed by atoms with Crippen molar-refractivity contribution in [3.63, 3.8) is 0 Å². The number of hydrogen-bond donors (Lipinski definition) is 5. The molecule has 30 heavy (non-hydrogen) atoms. The summed E-state index contributed by atoms with van der Waals surface area (Å²) in [6.45, 7) is 0.379. The number of nitrogens with one attached hydrogen (secondary N) is 2. The number of aliphatic carboxylic acids is 1. The van der Waals surface area contributed by atoms with Gasteiger partial charge in [0.2, 0.25) is 17.7 Å². The first-order valence-electron chi connectivity index (χ1n) is 9.75. The van der Waals surface area contributed by atoms with Crippen molar-refractivity contribution in [3.05, 3.63) is 0 Å². The predicted octanol–water partition coefficient (Wildman–Crippen LogP) is -0.205. The van der Waals surface area contributed by atoms with Crippen LogP contribution in [-0.2, 0) is 19.2 Å². The van der Waals surface area contributed by atoms with E-state index in [0.29, 0.717) is 43.7 Å². The average Bonchev–Trinajstić information content (AvgIpc) is 3.22. The Kier molecular flexibility index (Phi) is 12.6. The van der Waals surface area contributed by atoms with Gasteiger partial charge in [-0.3, -0.25) is 14.4 Å². The molecule has 0 aromatic carbocycles. The van der Waals surface area contributed by atoms with Crippen molar-refractivity contribution in [1.29, 1.82) is 0 Å². The van der Waals surface area contributed by atoms with Gasteiger partial charge in [0, 0.05) is 12.3 Å². The number of likely N-dealkylation sites (tertiary alicyclic amines) is 1. The third kappa shape index (κ3) is 8.20. The van der Waals surface area contributed by atoms with Crippen LogP contribution in [0.3, 0.4) is 0 Å². The van der Waals surface area contributed by atoms with Crippen LogP contribution >= 0.6 is 36.2 Å². The van der Waals surface area contributed by atoms with Gasteiger partial charge in [0.25, 0.3) is 0 Å². The summed E-state index contributed by atoms with van der Waals surface area (Å²) in [5.41, 5.74) is 5.71. The van der Waals surface area contributed by atoms with Gasteiger partial charge in [0.15, 0.2) is 0 Å². The summed E-state index contributed by atoms with van der Waals surface area (Å²) >= 11 is 7.05. The van der Waals surface area contributed by atoms with E-state index in [2.05, 4.69) is 23.3 Å². The summed E-state index contributed by atoms with van der Waals surface area (Å²) in [7, 11) is 0. The quantitative estimate of drug-likeness (QED) is 0.228. The number of carboxylic acids is 1. The molecule has 0 bridgehead atoms. The van der Waals surface area contributed by atoms with Gasteiger partial charge in [0.05, 0.1) is 6.04 Å². The van der Waals surface area contributed by atoms with Crippen LogP contribution < -0.4 is 16.4 Å². The van der Waals surface area contributed by atoms with Crippen LogP contribution in [0, 0.1) is 0 Å². The number of carbonyl (C=O) groups is 4. The molecular formula is C18H32N4O5S3. The first-order valence-corrected chi connectivity index (χ1v) is 13.2. The lowest BCUT2D eigenvalue weighted by Gasteiger charge is -2.30. The van der Waals surface area contributed by atoms with Crippen LogP contribution in [0.1, 0.15) is 25.7 Å². The Morgan fingerprint density at radius 1 is 1.13 bits per heavy atom. The third-order valence-corrected chi connectivity index (χ3v) is 6.50. The molecule has 0 radical (unpaired) electrons. The maximum Gasteiger partial charge on any atom is 0.326 e. The van der Waals surface area contributed by atoms with E-state index in [4.69, 9.17) is 5.73 Å². The molecule has 1 aliphatic heterocycles. The van der Waals surface area contributed by atoms with Gasteiger partial charge in [-0.05, 0) is 49.7 Å². The second-order valence-electron chi connectivity index (χ2n) is 7.00. The molecule has 1 rings (SSSR count). The molecule has 0 aromatic rings. The van der Waals surface area contributed by atoms with Crippen LogP contribution in [0.5, 0.6) is 0 Å². The third-order valence-electron chi connectivity index (χ3n) is 4.82. The number of thioether (sulfide) groups is 2. The normalized spacial score (nSPS) is 19.1.